The first-order chi connectivity index (χ1) is 12.6. The fraction of sp³-hybridized carbons (Fsp3) is 0.235. The minimum atomic E-state index is -0.322. The predicted molar refractivity (Wildman–Crippen MR) is 98.1 cm³/mol. The molecule has 4 aromatic heterocycles. The Hall–Kier alpha value is -3.07. The molecule has 1 amide bonds. The Morgan fingerprint density at radius 1 is 1.23 bits per heavy atom. The summed E-state index contributed by atoms with van der Waals surface area (Å²) in [5.41, 5.74) is 3.76. The van der Waals surface area contributed by atoms with Gasteiger partial charge in [-0.05, 0) is 37.4 Å². The van der Waals surface area contributed by atoms with E-state index in [2.05, 4.69) is 30.9 Å². The Labute approximate surface area is 153 Å². The van der Waals surface area contributed by atoms with Gasteiger partial charge in [-0.1, -0.05) is 0 Å². The summed E-state index contributed by atoms with van der Waals surface area (Å²) >= 11 is 1.64. The molecule has 0 aliphatic rings. The standard InChI is InChI=1S/C17H17N7OS/c1-11-9-12(2)24-17(19-11)20-15(22-24)16(25)18-5-7-23-6-3-14(21-23)13-4-8-26-10-13/h3-4,6,8-10H,5,7H2,1-2H3,(H,18,25). The zero-order valence-corrected chi connectivity index (χ0v) is 15.2. The summed E-state index contributed by atoms with van der Waals surface area (Å²) in [4.78, 5) is 20.8. The summed E-state index contributed by atoms with van der Waals surface area (Å²) in [6.07, 6.45) is 1.90. The molecule has 0 bridgehead atoms. The summed E-state index contributed by atoms with van der Waals surface area (Å²) in [7, 11) is 0. The van der Waals surface area contributed by atoms with Gasteiger partial charge in [0.15, 0.2) is 0 Å². The normalized spacial score (nSPS) is 11.2. The number of nitrogens with one attached hydrogen (secondary N) is 1. The molecular formula is C17H17N7OS. The fourth-order valence-corrected chi connectivity index (χ4v) is 3.33. The maximum absolute atomic E-state index is 12.3. The van der Waals surface area contributed by atoms with E-state index in [0.717, 1.165) is 22.6 Å². The highest BCUT2D eigenvalue weighted by Gasteiger charge is 2.14. The molecule has 0 spiro atoms. The molecule has 9 heteroatoms. The quantitative estimate of drug-likeness (QED) is 0.583. The Morgan fingerprint density at radius 2 is 2.12 bits per heavy atom. The molecule has 1 N–H and O–H groups in total. The fourth-order valence-electron chi connectivity index (χ4n) is 2.68. The smallest absolute Gasteiger partial charge is 0.291 e. The van der Waals surface area contributed by atoms with Gasteiger partial charge in [0.1, 0.15) is 0 Å². The average molecular weight is 367 g/mol. The highest BCUT2D eigenvalue weighted by Crippen LogP contribution is 2.19. The highest BCUT2D eigenvalue weighted by molar-refractivity contribution is 7.08. The van der Waals surface area contributed by atoms with Crippen molar-refractivity contribution in [1.82, 2.24) is 34.7 Å². The third-order valence-corrected chi connectivity index (χ3v) is 4.59. The second-order valence-electron chi connectivity index (χ2n) is 5.92. The molecular weight excluding hydrogens is 350 g/mol. The summed E-state index contributed by atoms with van der Waals surface area (Å²) in [5.74, 6) is 0.225. The van der Waals surface area contributed by atoms with Crippen LogP contribution in [0.15, 0.2) is 35.2 Å². The van der Waals surface area contributed by atoms with Crippen molar-refractivity contribution in [2.24, 2.45) is 0 Å². The van der Waals surface area contributed by atoms with Crippen LogP contribution in [0.2, 0.25) is 0 Å². The van der Waals surface area contributed by atoms with Crippen molar-refractivity contribution >= 4 is 23.0 Å². The number of carbonyl (C=O) groups excluding carboxylic acids is 1. The lowest BCUT2D eigenvalue weighted by atomic mass is 10.2. The monoisotopic (exact) mass is 367 g/mol. The van der Waals surface area contributed by atoms with E-state index in [1.54, 1.807) is 20.5 Å². The second kappa shape index (κ2) is 6.68. The number of aryl methyl sites for hydroxylation is 2. The number of hydrogen-bond donors (Lipinski definition) is 1. The molecule has 0 fully saturated rings. The van der Waals surface area contributed by atoms with Crippen LogP contribution in [0.4, 0.5) is 0 Å². The molecule has 8 nitrogen and oxygen atoms in total. The van der Waals surface area contributed by atoms with Crippen molar-refractivity contribution < 1.29 is 4.79 Å². The van der Waals surface area contributed by atoms with Crippen molar-refractivity contribution in [2.45, 2.75) is 20.4 Å². The summed E-state index contributed by atoms with van der Waals surface area (Å²) in [5, 5.41) is 15.6. The SMILES string of the molecule is Cc1cc(C)n2nc(C(=O)NCCn3ccc(-c4ccsc4)n3)nc2n1. The van der Waals surface area contributed by atoms with Crippen LogP contribution in [-0.4, -0.2) is 41.8 Å². The minimum Gasteiger partial charge on any atom is -0.347 e. The van der Waals surface area contributed by atoms with Crippen LogP contribution < -0.4 is 5.32 Å². The topological polar surface area (TPSA) is 90.0 Å². The van der Waals surface area contributed by atoms with Crippen molar-refractivity contribution in [3.63, 3.8) is 0 Å². The van der Waals surface area contributed by atoms with Gasteiger partial charge in [0.05, 0.1) is 12.2 Å². The maximum Gasteiger partial charge on any atom is 0.291 e. The van der Waals surface area contributed by atoms with Gasteiger partial charge in [-0.15, -0.1) is 5.10 Å². The molecule has 0 saturated heterocycles. The van der Waals surface area contributed by atoms with Crippen LogP contribution in [0.5, 0.6) is 0 Å². The molecule has 4 rings (SSSR count). The number of nitrogens with zero attached hydrogens (tertiary/aromatic N) is 6. The molecule has 0 aliphatic carbocycles. The van der Waals surface area contributed by atoms with E-state index in [1.807, 2.05) is 43.6 Å². The number of rotatable bonds is 5. The molecule has 26 heavy (non-hydrogen) atoms. The molecule has 0 aromatic carbocycles. The molecule has 132 valence electrons. The Bertz CT molecular complexity index is 1060. The number of amides is 1. The Balaban J connectivity index is 1.39. The van der Waals surface area contributed by atoms with E-state index in [0.29, 0.717) is 18.9 Å². The van der Waals surface area contributed by atoms with E-state index >= 15 is 0 Å². The lowest BCUT2D eigenvalue weighted by Crippen LogP contribution is -2.28. The summed E-state index contributed by atoms with van der Waals surface area (Å²) in [6.45, 7) is 4.79. The zero-order chi connectivity index (χ0) is 18.1. The van der Waals surface area contributed by atoms with Gasteiger partial charge >= 0.3 is 0 Å². The number of aromatic nitrogens is 6. The van der Waals surface area contributed by atoms with E-state index < -0.39 is 0 Å². The average Bonchev–Trinajstić information content (AvgIpc) is 3.34. The van der Waals surface area contributed by atoms with E-state index in [-0.39, 0.29) is 11.7 Å². The van der Waals surface area contributed by atoms with Gasteiger partial charge < -0.3 is 5.32 Å². The molecule has 0 saturated carbocycles. The second-order valence-corrected chi connectivity index (χ2v) is 6.70. The molecule has 0 atom stereocenters. The van der Waals surface area contributed by atoms with Crippen LogP contribution in [0, 0.1) is 13.8 Å². The van der Waals surface area contributed by atoms with Gasteiger partial charge in [-0.3, -0.25) is 9.48 Å². The molecule has 0 radical (unpaired) electrons. The largest absolute Gasteiger partial charge is 0.347 e. The van der Waals surface area contributed by atoms with Gasteiger partial charge in [-0.25, -0.2) is 9.50 Å². The molecule has 4 aromatic rings. The minimum absolute atomic E-state index is 0.116. The highest BCUT2D eigenvalue weighted by atomic mass is 32.1. The molecule has 4 heterocycles. The number of fused-ring (bicyclic) bond motifs is 1. The first kappa shape index (κ1) is 16.4. The third kappa shape index (κ3) is 3.21. The van der Waals surface area contributed by atoms with Gasteiger partial charge in [-0.2, -0.15) is 21.4 Å². The Kier molecular flexibility index (Phi) is 4.21. The van der Waals surface area contributed by atoms with Crippen molar-refractivity contribution in [2.75, 3.05) is 6.54 Å². The lowest BCUT2D eigenvalue weighted by molar-refractivity contribution is 0.0942. The zero-order valence-electron chi connectivity index (χ0n) is 14.4. The molecule has 0 unspecified atom stereocenters. The molecule has 0 aliphatic heterocycles. The van der Waals surface area contributed by atoms with Crippen LogP contribution in [0.3, 0.4) is 0 Å². The van der Waals surface area contributed by atoms with Crippen LogP contribution in [0.1, 0.15) is 22.0 Å². The summed E-state index contributed by atoms with van der Waals surface area (Å²) in [6, 6.07) is 5.89. The van der Waals surface area contributed by atoms with E-state index in [4.69, 9.17) is 0 Å². The number of carbonyl (C=O) groups is 1. The Morgan fingerprint density at radius 3 is 2.92 bits per heavy atom. The number of thiophene rings is 1. The van der Waals surface area contributed by atoms with Gasteiger partial charge in [0.2, 0.25) is 5.82 Å². The van der Waals surface area contributed by atoms with Crippen molar-refractivity contribution in [3.8, 4) is 11.3 Å². The van der Waals surface area contributed by atoms with Crippen LogP contribution >= 0.6 is 11.3 Å². The van der Waals surface area contributed by atoms with Crippen LogP contribution in [-0.2, 0) is 6.54 Å². The third-order valence-electron chi connectivity index (χ3n) is 3.91. The first-order valence-electron chi connectivity index (χ1n) is 8.15. The maximum atomic E-state index is 12.3. The van der Waals surface area contributed by atoms with Gasteiger partial charge in [0, 0.05) is 35.1 Å². The predicted octanol–water partition coefficient (Wildman–Crippen LogP) is 2.10. The summed E-state index contributed by atoms with van der Waals surface area (Å²) < 4.78 is 3.38. The van der Waals surface area contributed by atoms with E-state index in [1.165, 1.54) is 0 Å². The lowest BCUT2D eigenvalue weighted by Gasteiger charge is -2.03. The van der Waals surface area contributed by atoms with Crippen molar-refractivity contribution in [1.29, 1.82) is 0 Å². The van der Waals surface area contributed by atoms with Crippen LogP contribution in [0.25, 0.3) is 17.0 Å². The first-order valence-corrected chi connectivity index (χ1v) is 9.10. The number of hydrogen-bond acceptors (Lipinski definition) is 6. The van der Waals surface area contributed by atoms with E-state index in [9.17, 15) is 4.79 Å². The van der Waals surface area contributed by atoms with Gasteiger partial charge in [0.25, 0.3) is 11.7 Å². The van der Waals surface area contributed by atoms with Crippen molar-refractivity contribution in [3.05, 3.63) is 52.4 Å².